The number of pyridine rings is 1. The van der Waals surface area contributed by atoms with E-state index in [9.17, 15) is 0 Å². The van der Waals surface area contributed by atoms with E-state index in [1.54, 1.807) is 13.8 Å². The maximum atomic E-state index is 8.56. The van der Waals surface area contributed by atoms with Gasteiger partial charge < -0.3 is 10.2 Å². The van der Waals surface area contributed by atoms with Crippen molar-refractivity contribution in [3.63, 3.8) is 0 Å². The molecule has 3 unspecified atom stereocenters. The van der Waals surface area contributed by atoms with Crippen LogP contribution in [-0.2, 0) is 21.1 Å². The third kappa shape index (κ3) is 6.68. The second-order valence-corrected chi connectivity index (χ2v) is 6.61. The molecule has 0 radical (unpaired) electrons. The first kappa shape index (κ1) is 20.2. The molecule has 2 N–H and O–H groups in total. The summed E-state index contributed by atoms with van der Waals surface area (Å²) in [6.07, 6.45) is 3.86. The van der Waals surface area contributed by atoms with Crippen LogP contribution in [0.15, 0.2) is 53.6 Å². The van der Waals surface area contributed by atoms with Crippen molar-refractivity contribution < 1.29 is 31.3 Å². The SMILES string of the molecule is CC(O)CC(C)O.[Pt].c1ccc(C2[CH-]c3ccccc3S2)nc1. The molecule has 3 rings (SSSR count). The molecule has 0 saturated carbocycles. The smallest absolute Gasteiger partial charge is 0.0536 e. The van der Waals surface area contributed by atoms with E-state index in [2.05, 4.69) is 41.7 Å². The Labute approximate surface area is 156 Å². The van der Waals surface area contributed by atoms with Crippen molar-refractivity contribution in [1.29, 1.82) is 0 Å². The largest absolute Gasteiger partial charge is 0.393 e. The number of hydrogen-bond donors (Lipinski definition) is 2. The number of aliphatic hydroxyl groups is 2. The van der Waals surface area contributed by atoms with Gasteiger partial charge >= 0.3 is 0 Å². The fraction of sp³-hybridized carbons (Fsp3) is 0.333. The molecule has 23 heavy (non-hydrogen) atoms. The summed E-state index contributed by atoms with van der Waals surface area (Å²) in [5, 5.41) is 17.5. The third-order valence-corrected chi connectivity index (χ3v) is 4.42. The van der Waals surface area contributed by atoms with Gasteiger partial charge in [0.05, 0.1) is 12.2 Å². The first-order valence-corrected chi connectivity index (χ1v) is 8.32. The van der Waals surface area contributed by atoms with Gasteiger partial charge in [-0.05, 0) is 32.4 Å². The summed E-state index contributed by atoms with van der Waals surface area (Å²) in [6.45, 7) is 3.32. The normalized spacial score (nSPS) is 17.7. The second-order valence-electron chi connectivity index (χ2n) is 5.43. The molecule has 0 saturated heterocycles. The maximum Gasteiger partial charge on any atom is 0.0536 e. The zero-order valence-corrected chi connectivity index (χ0v) is 16.3. The molecule has 0 amide bonds. The average molecular weight is 512 g/mol. The third-order valence-electron chi connectivity index (χ3n) is 3.17. The van der Waals surface area contributed by atoms with Gasteiger partial charge in [0.15, 0.2) is 0 Å². The summed E-state index contributed by atoms with van der Waals surface area (Å²) in [6, 6.07) is 14.6. The molecule has 0 fully saturated rings. The number of aromatic nitrogens is 1. The van der Waals surface area contributed by atoms with E-state index in [4.69, 9.17) is 10.2 Å². The molecule has 0 aliphatic carbocycles. The minimum absolute atomic E-state index is 0. The van der Waals surface area contributed by atoms with Gasteiger partial charge in [-0.1, -0.05) is 17.0 Å². The standard InChI is InChI=1S/C13H10NS.C5H12O2.Pt/c1-2-7-12-10(5-1)9-13(15-12)11-6-3-4-8-14-11;1-4(6)3-5(2)7;/h1-9,13H;4-7H,3H2,1-2H3;/q-1;;. The van der Waals surface area contributed by atoms with Crippen LogP contribution in [0.3, 0.4) is 0 Å². The summed E-state index contributed by atoms with van der Waals surface area (Å²) in [5.41, 5.74) is 2.47. The molecule has 1 aliphatic heterocycles. The fourth-order valence-corrected chi connectivity index (χ4v) is 3.42. The summed E-state index contributed by atoms with van der Waals surface area (Å²) >= 11 is 1.87. The maximum absolute atomic E-state index is 8.56. The van der Waals surface area contributed by atoms with Crippen LogP contribution in [0.2, 0.25) is 0 Å². The van der Waals surface area contributed by atoms with E-state index >= 15 is 0 Å². The van der Waals surface area contributed by atoms with Crippen molar-refractivity contribution >= 4 is 11.8 Å². The summed E-state index contributed by atoms with van der Waals surface area (Å²) < 4.78 is 0. The summed E-state index contributed by atoms with van der Waals surface area (Å²) in [4.78, 5) is 5.75. The van der Waals surface area contributed by atoms with Gasteiger partial charge in [0.25, 0.3) is 0 Å². The second kappa shape index (κ2) is 10.1. The molecule has 3 atom stereocenters. The van der Waals surface area contributed by atoms with Crippen molar-refractivity contribution in [1.82, 2.24) is 4.98 Å². The van der Waals surface area contributed by atoms with Crippen LogP contribution in [-0.4, -0.2) is 27.4 Å². The van der Waals surface area contributed by atoms with E-state index in [1.165, 1.54) is 10.5 Å². The number of rotatable bonds is 3. The molecule has 2 aromatic rings. The molecular weight excluding hydrogens is 489 g/mol. The van der Waals surface area contributed by atoms with Crippen LogP contribution in [0.4, 0.5) is 0 Å². The number of hydrogen-bond acceptors (Lipinski definition) is 4. The zero-order valence-electron chi connectivity index (χ0n) is 13.2. The first-order chi connectivity index (χ1) is 10.6. The Balaban J connectivity index is 0.000000287. The predicted molar refractivity (Wildman–Crippen MR) is 90.7 cm³/mol. The molecule has 128 valence electrons. The van der Waals surface area contributed by atoms with E-state index in [1.807, 2.05) is 30.1 Å². The van der Waals surface area contributed by atoms with E-state index in [-0.39, 0.29) is 33.3 Å². The van der Waals surface area contributed by atoms with Gasteiger partial charge in [0.1, 0.15) is 0 Å². The number of aliphatic hydroxyl groups excluding tert-OH is 2. The molecule has 1 aromatic carbocycles. The topological polar surface area (TPSA) is 53.4 Å². The van der Waals surface area contributed by atoms with Gasteiger partial charge in [-0.25, -0.2) is 0 Å². The van der Waals surface area contributed by atoms with Gasteiger partial charge in [-0.15, -0.1) is 12.1 Å². The summed E-state index contributed by atoms with van der Waals surface area (Å²) in [7, 11) is 0. The Hall–Kier alpha value is -0.802. The Bertz CT molecular complexity index is 547. The molecule has 1 aliphatic rings. The van der Waals surface area contributed by atoms with Gasteiger partial charge in [-0.2, -0.15) is 29.8 Å². The van der Waals surface area contributed by atoms with Gasteiger partial charge in [0.2, 0.25) is 0 Å². The number of fused-ring (bicyclic) bond motifs is 1. The van der Waals surface area contributed by atoms with Crippen LogP contribution >= 0.6 is 11.8 Å². The van der Waals surface area contributed by atoms with Gasteiger partial charge in [0, 0.05) is 38.2 Å². The van der Waals surface area contributed by atoms with Crippen LogP contribution < -0.4 is 0 Å². The van der Waals surface area contributed by atoms with Crippen molar-refractivity contribution in [3.8, 4) is 0 Å². The Morgan fingerprint density at radius 1 is 1.09 bits per heavy atom. The van der Waals surface area contributed by atoms with Gasteiger partial charge in [-0.3, -0.25) is 4.98 Å². The minimum atomic E-state index is -0.375. The Morgan fingerprint density at radius 2 is 1.74 bits per heavy atom. The zero-order chi connectivity index (χ0) is 15.9. The molecule has 5 heteroatoms. The first-order valence-electron chi connectivity index (χ1n) is 7.44. The number of thioether (sulfide) groups is 1. The van der Waals surface area contributed by atoms with E-state index in [0.29, 0.717) is 11.7 Å². The summed E-state index contributed by atoms with van der Waals surface area (Å²) in [5.74, 6) is 0. The minimum Gasteiger partial charge on any atom is -0.393 e. The quantitative estimate of drug-likeness (QED) is 0.619. The van der Waals surface area contributed by atoms with Crippen LogP contribution in [0.5, 0.6) is 0 Å². The van der Waals surface area contributed by atoms with Crippen molar-refractivity contribution in [2.75, 3.05) is 0 Å². The van der Waals surface area contributed by atoms with Crippen LogP contribution in [0, 0.1) is 6.42 Å². The van der Waals surface area contributed by atoms with E-state index < -0.39 is 0 Å². The molecule has 1 aromatic heterocycles. The van der Waals surface area contributed by atoms with Crippen molar-refractivity contribution in [2.45, 2.75) is 42.6 Å². The molecular formula is C18H22NO2PtS-. The average Bonchev–Trinajstić information content (AvgIpc) is 2.91. The Kier molecular flexibility index (Phi) is 8.93. The number of nitrogens with zero attached hydrogens (tertiary/aromatic N) is 1. The molecule has 3 nitrogen and oxygen atoms in total. The molecule has 0 bridgehead atoms. The van der Waals surface area contributed by atoms with Crippen molar-refractivity contribution in [2.24, 2.45) is 0 Å². The molecule has 2 heterocycles. The van der Waals surface area contributed by atoms with Crippen LogP contribution in [0.1, 0.15) is 36.8 Å². The number of benzene rings is 1. The monoisotopic (exact) mass is 511 g/mol. The molecule has 0 spiro atoms. The Morgan fingerprint density at radius 3 is 2.26 bits per heavy atom. The van der Waals surface area contributed by atoms with E-state index in [0.717, 1.165) is 5.69 Å². The fourth-order valence-electron chi connectivity index (χ4n) is 2.24. The predicted octanol–water partition coefficient (Wildman–Crippen LogP) is 3.62. The van der Waals surface area contributed by atoms with Crippen LogP contribution in [0.25, 0.3) is 0 Å². The van der Waals surface area contributed by atoms with Crippen molar-refractivity contribution in [3.05, 3.63) is 66.3 Å².